The number of rotatable bonds is 3. The molecule has 0 amide bonds. The van der Waals surface area contributed by atoms with Crippen molar-refractivity contribution in [3.63, 3.8) is 0 Å². The van der Waals surface area contributed by atoms with Crippen LogP contribution < -0.4 is 0 Å². The van der Waals surface area contributed by atoms with Gasteiger partial charge in [0.25, 0.3) is 0 Å². The van der Waals surface area contributed by atoms with Gasteiger partial charge in [-0.25, -0.2) is 0 Å². The molecule has 0 unspecified atom stereocenters. The van der Waals surface area contributed by atoms with Crippen molar-refractivity contribution in [1.82, 2.24) is 0 Å². The summed E-state index contributed by atoms with van der Waals surface area (Å²) in [4.78, 5) is 23.8. The van der Waals surface area contributed by atoms with Crippen LogP contribution in [0.15, 0.2) is 30.3 Å². The standard InChI is InChI=1S/C18H20O3/c19-16(20)10-18(13-4-2-1-3-5-13)14-6-11-7-15(18)9-12(8-14)17(11)21/h1-5,11-12,14-15H,6-10H2,(H,19,20). The molecule has 4 aliphatic carbocycles. The molecular weight excluding hydrogens is 264 g/mol. The summed E-state index contributed by atoms with van der Waals surface area (Å²) in [5.74, 6) is 0.876. The van der Waals surface area contributed by atoms with Gasteiger partial charge < -0.3 is 5.11 Å². The van der Waals surface area contributed by atoms with Gasteiger partial charge in [-0.3, -0.25) is 9.59 Å². The lowest BCUT2D eigenvalue weighted by Crippen LogP contribution is -2.59. The van der Waals surface area contributed by atoms with Crippen LogP contribution in [0.5, 0.6) is 0 Å². The van der Waals surface area contributed by atoms with Gasteiger partial charge in [-0.1, -0.05) is 30.3 Å². The van der Waals surface area contributed by atoms with E-state index < -0.39 is 5.97 Å². The number of carboxylic acid groups (broad SMARTS) is 1. The quantitative estimate of drug-likeness (QED) is 0.928. The van der Waals surface area contributed by atoms with Gasteiger partial charge >= 0.3 is 5.97 Å². The summed E-state index contributed by atoms with van der Waals surface area (Å²) in [5.41, 5.74) is 0.925. The van der Waals surface area contributed by atoms with Crippen LogP contribution in [0.25, 0.3) is 0 Å². The first-order valence-electron chi connectivity index (χ1n) is 7.92. The van der Waals surface area contributed by atoms with Crippen LogP contribution >= 0.6 is 0 Å². The Balaban J connectivity index is 1.82. The van der Waals surface area contributed by atoms with Gasteiger partial charge in [0, 0.05) is 17.3 Å². The first kappa shape index (κ1) is 13.1. The predicted octanol–water partition coefficient (Wildman–Crippen LogP) is 3.03. The number of hydrogen-bond donors (Lipinski definition) is 1. The second kappa shape index (κ2) is 4.43. The molecule has 1 aromatic rings. The van der Waals surface area contributed by atoms with Crippen molar-refractivity contribution in [2.24, 2.45) is 23.7 Å². The molecule has 1 aromatic carbocycles. The number of benzene rings is 1. The van der Waals surface area contributed by atoms with Crippen molar-refractivity contribution in [2.45, 2.75) is 37.5 Å². The summed E-state index contributed by atoms with van der Waals surface area (Å²) >= 11 is 0. The minimum atomic E-state index is -0.711. The Bertz CT molecular complexity index is 558. The number of carbonyl (C=O) groups is 2. The Morgan fingerprint density at radius 3 is 2.05 bits per heavy atom. The molecule has 5 rings (SSSR count). The third-order valence-electron chi connectivity index (χ3n) is 6.29. The molecule has 1 N–H and O–H groups in total. The van der Waals surface area contributed by atoms with Crippen molar-refractivity contribution in [3.8, 4) is 0 Å². The van der Waals surface area contributed by atoms with Gasteiger partial charge in [0.15, 0.2) is 0 Å². The molecular formula is C18H20O3. The number of ketones is 1. The first-order valence-corrected chi connectivity index (χ1v) is 7.92. The number of Topliss-reactive ketones (excluding diaryl/α,β-unsaturated/α-hetero) is 1. The molecule has 4 bridgehead atoms. The summed E-state index contributed by atoms with van der Waals surface area (Å²) in [7, 11) is 0. The lowest BCUT2D eigenvalue weighted by molar-refractivity contribution is -0.153. The molecule has 0 spiro atoms. The number of carbonyl (C=O) groups excluding carboxylic acids is 1. The average Bonchev–Trinajstić information content (AvgIpc) is 2.45. The van der Waals surface area contributed by atoms with E-state index in [0.29, 0.717) is 17.6 Å². The van der Waals surface area contributed by atoms with Gasteiger partial charge in [0.1, 0.15) is 5.78 Å². The molecule has 0 saturated heterocycles. The van der Waals surface area contributed by atoms with Crippen LogP contribution in [0.1, 0.15) is 37.7 Å². The van der Waals surface area contributed by atoms with Gasteiger partial charge in [-0.2, -0.15) is 0 Å². The maximum Gasteiger partial charge on any atom is 0.304 e. The minimum Gasteiger partial charge on any atom is -0.481 e. The van der Waals surface area contributed by atoms with E-state index in [9.17, 15) is 14.7 Å². The van der Waals surface area contributed by atoms with Crippen LogP contribution in [-0.4, -0.2) is 16.9 Å². The zero-order valence-electron chi connectivity index (χ0n) is 12.0. The monoisotopic (exact) mass is 284 g/mol. The van der Waals surface area contributed by atoms with Gasteiger partial charge in [-0.05, 0) is 43.1 Å². The summed E-state index contributed by atoms with van der Waals surface area (Å²) in [6.45, 7) is 0. The molecule has 0 aromatic heterocycles. The van der Waals surface area contributed by atoms with E-state index in [1.807, 2.05) is 18.2 Å². The third kappa shape index (κ3) is 1.73. The lowest BCUT2D eigenvalue weighted by atomic mass is 9.42. The van der Waals surface area contributed by atoms with Gasteiger partial charge in [0.2, 0.25) is 0 Å². The molecule has 0 heterocycles. The maximum absolute atomic E-state index is 12.2. The van der Waals surface area contributed by atoms with Crippen LogP contribution in [0.2, 0.25) is 0 Å². The molecule has 3 nitrogen and oxygen atoms in total. The Morgan fingerprint density at radius 1 is 1.05 bits per heavy atom. The molecule has 0 radical (unpaired) electrons. The SMILES string of the molecule is O=C(O)CC1(c2ccccc2)C2CC3CC1CC(C2)C3=O. The van der Waals surface area contributed by atoms with Crippen molar-refractivity contribution in [3.05, 3.63) is 35.9 Å². The predicted molar refractivity (Wildman–Crippen MR) is 77.8 cm³/mol. The fourth-order valence-corrected chi connectivity index (χ4v) is 5.59. The Hall–Kier alpha value is -1.64. The van der Waals surface area contributed by atoms with E-state index in [1.54, 1.807) is 0 Å². The lowest BCUT2D eigenvalue weighted by Gasteiger charge is -2.60. The highest BCUT2D eigenvalue weighted by Gasteiger charge is 2.61. The highest BCUT2D eigenvalue weighted by molar-refractivity contribution is 5.86. The van der Waals surface area contributed by atoms with Crippen molar-refractivity contribution in [2.75, 3.05) is 0 Å². The van der Waals surface area contributed by atoms with Crippen molar-refractivity contribution in [1.29, 1.82) is 0 Å². The summed E-state index contributed by atoms with van der Waals surface area (Å²) in [6.07, 6.45) is 3.80. The van der Waals surface area contributed by atoms with Crippen LogP contribution in [0.4, 0.5) is 0 Å². The summed E-state index contributed by atoms with van der Waals surface area (Å²) in [6, 6.07) is 10.2. The molecule has 21 heavy (non-hydrogen) atoms. The molecule has 0 aliphatic heterocycles. The van der Waals surface area contributed by atoms with Gasteiger partial charge in [-0.15, -0.1) is 0 Å². The fourth-order valence-electron chi connectivity index (χ4n) is 5.59. The molecule has 4 fully saturated rings. The van der Waals surface area contributed by atoms with E-state index in [4.69, 9.17) is 0 Å². The summed E-state index contributed by atoms with van der Waals surface area (Å²) < 4.78 is 0. The van der Waals surface area contributed by atoms with E-state index >= 15 is 0 Å². The largest absolute Gasteiger partial charge is 0.481 e. The van der Waals surface area contributed by atoms with E-state index in [2.05, 4.69) is 12.1 Å². The van der Waals surface area contributed by atoms with Crippen molar-refractivity contribution >= 4 is 11.8 Å². The highest BCUT2D eigenvalue weighted by atomic mass is 16.4. The highest BCUT2D eigenvalue weighted by Crippen LogP contribution is 2.63. The number of aliphatic carboxylic acids is 1. The second-order valence-electron chi connectivity index (χ2n) is 7.11. The smallest absolute Gasteiger partial charge is 0.304 e. The summed E-state index contributed by atoms with van der Waals surface area (Å²) in [5, 5.41) is 9.51. The normalized spacial score (nSPS) is 40.5. The molecule has 4 saturated carbocycles. The minimum absolute atomic E-state index is 0.207. The molecule has 0 atom stereocenters. The number of hydrogen-bond acceptors (Lipinski definition) is 2. The van der Waals surface area contributed by atoms with Crippen LogP contribution in [0.3, 0.4) is 0 Å². The Kier molecular flexibility index (Phi) is 2.75. The third-order valence-corrected chi connectivity index (χ3v) is 6.29. The van der Waals surface area contributed by atoms with E-state index in [1.165, 1.54) is 5.56 Å². The van der Waals surface area contributed by atoms with Gasteiger partial charge in [0.05, 0.1) is 6.42 Å². The van der Waals surface area contributed by atoms with Crippen LogP contribution in [0, 0.1) is 23.7 Å². The second-order valence-corrected chi connectivity index (χ2v) is 7.11. The molecule has 4 aliphatic rings. The van der Waals surface area contributed by atoms with E-state index in [-0.39, 0.29) is 23.7 Å². The maximum atomic E-state index is 12.2. The van der Waals surface area contributed by atoms with Crippen molar-refractivity contribution < 1.29 is 14.7 Å². The molecule has 3 heteroatoms. The Morgan fingerprint density at radius 2 is 1.57 bits per heavy atom. The fraction of sp³-hybridized carbons (Fsp3) is 0.556. The Labute approximate surface area is 124 Å². The number of carboxylic acids is 1. The first-order chi connectivity index (χ1) is 10.1. The average molecular weight is 284 g/mol. The zero-order chi connectivity index (χ0) is 14.6. The topological polar surface area (TPSA) is 54.4 Å². The zero-order valence-corrected chi connectivity index (χ0v) is 12.0. The van der Waals surface area contributed by atoms with Crippen LogP contribution in [-0.2, 0) is 15.0 Å². The molecule has 110 valence electrons. The van der Waals surface area contributed by atoms with E-state index in [0.717, 1.165) is 25.7 Å².